The topological polar surface area (TPSA) is 44.5 Å². The van der Waals surface area contributed by atoms with Gasteiger partial charge in [-0.1, -0.05) is 34.1 Å². The quantitative estimate of drug-likeness (QED) is 0.881. The number of ether oxygens (including phenoxy) is 2. The third kappa shape index (κ3) is 2.78. The van der Waals surface area contributed by atoms with Gasteiger partial charge < -0.3 is 15.2 Å². The van der Waals surface area contributed by atoms with E-state index in [2.05, 4.69) is 41.1 Å². The molecule has 2 atom stereocenters. The molecular formula is C17H18BrNO2. The van der Waals surface area contributed by atoms with Gasteiger partial charge in [0.05, 0.1) is 7.11 Å². The van der Waals surface area contributed by atoms with Crippen molar-refractivity contribution in [3.05, 3.63) is 57.6 Å². The Hall–Kier alpha value is -1.52. The van der Waals surface area contributed by atoms with E-state index in [1.54, 1.807) is 7.11 Å². The van der Waals surface area contributed by atoms with Gasteiger partial charge in [-0.3, -0.25) is 0 Å². The minimum Gasteiger partial charge on any atom is -0.497 e. The van der Waals surface area contributed by atoms with Crippen molar-refractivity contribution in [1.82, 2.24) is 0 Å². The molecule has 0 saturated carbocycles. The van der Waals surface area contributed by atoms with Crippen molar-refractivity contribution in [2.45, 2.75) is 25.5 Å². The highest BCUT2D eigenvalue weighted by Crippen LogP contribution is 2.41. The maximum absolute atomic E-state index is 6.30. The predicted octanol–water partition coefficient (Wildman–Crippen LogP) is 4.29. The molecule has 0 amide bonds. The molecule has 2 aromatic carbocycles. The fraction of sp³-hybridized carbons (Fsp3) is 0.294. The van der Waals surface area contributed by atoms with Crippen molar-refractivity contribution < 1.29 is 9.47 Å². The second-order valence-corrected chi connectivity index (χ2v) is 6.22. The van der Waals surface area contributed by atoms with Gasteiger partial charge in [0.25, 0.3) is 0 Å². The standard InChI is InChI=1S/C17H18BrNO2/c1-10-7-11(3-6-14(10)18)16-9-15(19)13-5-4-12(20-2)8-17(13)21-16/h3-8,15-16H,9,19H2,1-2H3/t15-,16?/m0/s1. The monoisotopic (exact) mass is 347 g/mol. The maximum atomic E-state index is 6.30. The van der Waals surface area contributed by atoms with Gasteiger partial charge in [0.15, 0.2) is 0 Å². The summed E-state index contributed by atoms with van der Waals surface area (Å²) in [6.45, 7) is 2.08. The van der Waals surface area contributed by atoms with Gasteiger partial charge in [-0.25, -0.2) is 0 Å². The number of hydrogen-bond acceptors (Lipinski definition) is 3. The Kier molecular flexibility index (Phi) is 3.91. The maximum Gasteiger partial charge on any atom is 0.128 e. The first-order valence-electron chi connectivity index (χ1n) is 6.94. The van der Waals surface area contributed by atoms with E-state index in [1.807, 2.05) is 18.2 Å². The number of methoxy groups -OCH3 is 1. The van der Waals surface area contributed by atoms with Crippen molar-refractivity contribution in [3.63, 3.8) is 0 Å². The molecule has 1 aliphatic heterocycles. The average Bonchev–Trinajstić information content (AvgIpc) is 2.49. The van der Waals surface area contributed by atoms with Gasteiger partial charge in [-0.05, 0) is 30.2 Å². The second-order valence-electron chi connectivity index (χ2n) is 5.36. The number of rotatable bonds is 2. The summed E-state index contributed by atoms with van der Waals surface area (Å²) in [5.41, 5.74) is 9.69. The summed E-state index contributed by atoms with van der Waals surface area (Å²) < 4.78 is 12.5. The molecule has 0 fully saturated rings. The lowest BCUT2D eigenvalue weighted by molar-refractivity contribution is 0.161. The van der Waals surface area contributed by atoms with Crippen molar-refractivity contribution in [2.75, 3.05) is 7.11 Å². The minimum atomic E-state index is -0.0218. The van der Waals surface area contributed by atoms with E-state index in [0.29, 0.717) is 0 Å². The molecule has 0 aromatic heterocycles. The van der Waals surface area contributed by atoms with Gasteiger partial charge in [0.2, 0.25) is 0 Å². The molecule has 0 bridgehead atoms. The van der Waals surface area contributed by atoms with Crippen LogP contribution in [-0.4, -0.2) is 7.11 Å². The van der Waals surface area contributed by atoms with Gasteiger partial charge in [-0.15, -0.1) is 0 Å². The summed E-state index contributed by atoms with van der Waals surface area (Å²) in [5.74, 6) is 1.60. The molecule has 1 heterocycles. The van der Waals surface area contributed by atoms with Gasteiger partial charge >= 0.3 is 0 Å². The molecule has 110 valence electrons. The second kappa shape index (κ2) is 5.70. The third-order valence-corrected chi connectivity index (χ3v) is 4.80. The van der Waals surface area contributed by atoms with Crippen LogP contribution in [0.25, 0.3) is 0 Å². The first-order valence-corrected chi connectivity index (χ1v) is 7.74. The van der Waals surface area contributed by atoms with E-state index < -0.39 is 0 Å². The zero-order valence-electron chi connectivity index (χ0n) is 12.1. The molecule has 0 saturated heterocycles. The summed E-state index contributed by atoms with van der Waals surface area (Å²) in [6, 6.07) is 12.1. The van der Waals surface area contributed by atoms with Gasteiger partial charge in [0.1, 0.15) is 17.6 Å². The SMILES string of the molecule is COc1ccc2c(c1)OC(c1ccc(Br)c(C)c1)C[C@@H]2N. The minimum absolute atomic E-state index is 0.0198. The van der Waals surface area contributed by atoms with Crippen molar-refractivity contribution >= 4 is 15.9 Å². The largest absolute Gasteiger partial charge is 0.497 e. The molecule has 2 aromatic rings. The van der Waals surface area contributed by atoms with Crippen LogP contribution in [0.15, 0.2) is 40.9 Å². The first kappa shape index (κ1) is 14.4. The lowest BCUT2D eigenvalue weighted by atomic mass is 9.93. The highest BCUT2D eigenvalue weighted by molar-refractivity contribution is 9.10. The van der Waals surface area contributed by atoms with E-state index in [4.69, 9.17) is 15.2 Å². The van der Waals surface area contributed by atoms with Crippen molar-refractivity contribution in [1.29, 1.82) is 0 Å². The van der Waals surface area contributed by atoms with Crippen LogP contribution in [-0.2, 0) is 0 Å². The smallest absolute Gasteiger partial charge is 0.128 e. The number of hydrogen-bond donors (Lipinski definition) is 1. The Morgan fingerprint density at radius 1 is 1.24 bits per heavy atom. The summed E-state index contributed by atoms with van der Waals surface area (Å²) >= 11 is 3.53. The Morgan fingerprint density at radius 3 is 2.76 bits per heavy atom. The Bertz CT molecular complexity index is 672. The molecule has 2 N–H and O–H groups in total. The fourth-order valence-electron chi connectivity index (χ4n) is 2.68. The molecule has 21 heavy (non-hydrogen) atoms. The molecule has 1 unspecified atom stereocenters. The average molecular weight is 348 g/mol. The van der Waals surface area contributed by atoms with E-state index >= 15 is 0 Å². The molecular weight excluding hydrogens is 330 g/mol. The number of benzene rings is 2. The van der Waals surface area contributed by atoms with Crippen LogP contribution in [0.4, 0.5) is 0 Å². The molecule has 0 spiro atoms. The van der Waals surface area contributed by atoms with Crippen LogP contribution < -0.4 is 15.2 Å². The van der Waals surface area contributed by atoms with Crippen LogP contribution >= 0.6 is 15.9 Å². The normalized spacial score (nSPS) is 20.6. The number of fused-ring (bicyclic) bond motifs is 1. The lowest BCUT2D eigenvalue weighted by Gasteiger charge is -2.31. The molecule has 1 aliphatic rings. The number of aryl methyl sites for hydroxylation is 1. The van der Waals surface area contributed by atoms with E-state index in [-0.39, 0.29) is 12.1 Å². The summed E-state index contributed by atoms with van der Waals surface area (Å²) in [4.78, 5) is 0. The Morgan fingerprint density at radius 2 is 2.05 bits per heavy atom. The van der Waals surface area contributed by atoms with Crippen LogP contribution in [0.2, 0.25) is 0 Å². The van der Waals surface area contributed by atoms with Crippen molar-refractivity contribution in [2.24, 2.45) is 5.73 Å². The summed E-state index contributed by atoms with van der Waals surface area (Å²) in [6.07, 6.45) is 0.756. The van der Waals surface area contributed by atoms with Crippen LogP contribution in [0.1, 0.15) is 35.3 Å². The Balaban J connectivity index is 1.94. The molecule has 0 radical (unpaired) electrons. The van der Waals surface area contributed by atoms with Crippen LogP contribution in [0.5, 0.6) is 11.5 Å². The van der Waals surface area contributed by atoms with E-state index in [1.165, 1.54) is 5.56 Å². The summed E-state index contributed by atoms with van der Waals surface area (Å²) in [7, 11) is 1.65. The fourth-order valence-corrected chi connectivity index (χ4v) is 2.93. The lowest BCUT2D eigenvalue weighted by Crippen LogP contribution is -2.24. The van der Waals surface area contributed by atoms with Crippen LogP contribution in [0, 0.1) is 6.92 Å². The zero-order valence-corrected chi connectivity index (χ0v) is 13.7. The van der Waals surface area contributed by atoms with Gasteiger partial charge in [-0.2, -0.15) is 0 Å². The molecule has 0 aliphatic carbocycles. The first-order chi connectivity index (χ1) is 10.1. The van der Waals surface area contributed by atoms with Crippen LogP contribution in [0.3, 0.4) is 0 Å². The predicted molar refractivity (Wildman–Crippen MR) is 86.8 cm³/mol. The van der Waals surface area contributed by atoms with Crippen molar-refractivity contribution in [3.8, 4) is 11.5 Å². The molecule has 3 rings (SSSR count). The van der Waals surface area contributed by atoms with E-state index in [9.17, 15) is 0 Å². The Labute approximate surface area is 133 Å². The highest BCUT2D eigenvalue weighted by atomic mass is 79.9. The number of nitrogens with two attached hydrogens (primary N) is 1. The third-order valence-electron chi connectivity index (χ3n) is 3.91. The molecule has 3 nitrogen and oxygen atoms in total. The van der Waals surface area contributed by atoms with Gasteiger partial charge in [0, 0.05) is 28.6 Å². The number of halogens is 1. The zero-order chi connectivity index (χ0) is 15.0. The molecule has 4 heteroatoms. The summed E-state index contributed by atoms with van der Waals surface area (Å²) in [5, 5.41) is 0. The highest BCUT2D eigenvalue weighted by Gasteiger charge is 2.27. The van der Waals surface area contributed by atoms with E-state index in [0.717, 1.165) is 33.5 Å².